The number of fused-ring (bicyclic) bond motifs is 3. The summed E-state index contributed by atoms with van der Waals surface area (Å²) >= 11 is 0. The smallest absolute Gasteiger partial charge is 0.455 e. The zero-order valence-electron chi connectivity index (χ0n) is 34.5. The van der Waals surface area contributed by atoms with Crippen molar-refractivity contribution in [3.8, 4) is 5.75 Å². The molecule has 3 aliphatic rings. The first-order valence-corrected chi connectivity index (χ1v) is 22.7. The van der Waals surface area contributed by atoms with Crippen molar-refractivity contribution in [2.75, 3.05) is 11.5 Å². The standard InChI is InChI=1S/C49H49BN2O8Si/c1-49(2,3)61(40-21-9-5-10-22-40,41-23-11-6-12-24-41)59-32-36-29-42-46(48(55)51(47(42)54)37-18-14-19-38(30-37)52(57)58)43-31-50(56)60-44(45(36)43)26-25-35(34-16-7-4-8-17-34)27-33-15-13-20-39(53)28-33/h4-24,27-28,30,42-44,46,53,56H,25-26,29,31-32H2,1-3H3/b35-27-/t42-,43+,44-,46-/m1/s1. The van der Waals surface area contributed by atoms with Gasteiger partial charge in [0.05, 0.1) is 35.2 Å². The molecule has 5 aromatic carbocycles. The van der Waals surface area contributed by atoms with Crippen molar-refractivity contribution in [3.63, 3.8) is 0 Å². The minimum Gasteiger partial charge on any atom is -0.508 e. The summed E-state index contributed by atoms with van der Waals surface area (Å²) in [5.41, 5.74) is 4.50. The number of non-ortho nitro benzene ring substituents is 1. The van der Waals surface area contributed by atoms with Gasteiger partial charge in [-0.15, -0.1) is 0 Å². The van der Waals surface area contributed by atoms with Crippen molar-refractivity contribution in [3.05, 3.63) is 172 Å². The fourth-order valence-corrected chi connectivity index (χ4v) is 14.5. The Balaban J connectivity index is 1.23. The summed E-state index contributed by atoms with van der Waals surface area (Å²) in [4.78, 5) is 41.5. The molecule has 0 bridgehead atoms. The third-order valence-corrected chi connectivity index (χ3v) is 17.5. The van der Waals surface area contributed by atoms with Gasteiger partial charge in [0.1, 0.15) is 5.75 Å². The molecule has 2 amide bonds. The number of benzene rings is 5. The second-order valence-electron chi connectivity index (χ2n) is 17.2. The minimum absolute atomic E-state index is 0.0994. The van der Waals surface area contributed by atoms with E-state index in [4.69, 9.17) is 9.08 Å². The van der Waals surface area contributed by atoms with E-state index in [1.54, 1.807) is 24.3 Å². The molecule has 1 aliphatic carbocycles. The topological polar surface area (TPSA) is 139 Å². The van der Waals surface area contributed by atoms with E-state index in [0.29, 0.717) is 12.8 Å². The van der Waals surface area contributed by atoms with Crippen molar-refractivity contribution in [2.45, 2.75) is 57.5 Å². The van der Waals surface area contributed by atoms with Crippen LogP contribution >= 0.6 is 0 Å². The van der Waals surface area contributed by atoms with Gasteiger partial charge in [-0.05, 0) is 93.0 Å². The average molecular weight is 833 g/mol. The molecule has 0 aromatic heterocycles. The van der Waals surface area contributed by atoms with E-state index >= 15 is 0 Å². The monoisotopic (exact) mass is 832 g/mol. The van der Waals surface area contributed by atoms with Gasteiger partial charge in [0.25, 0.3) is 14.0 Å². The van der Waals surface area contributed by atoms with Crippen LogP contribution in [0.5, 0.6) is 5.75 Å². The first kappa shape index (κ1) is 41.8. The van der Waals surface area contributed by atoms with Crippen molar-refractivity contribution in [1.82, 2.24) is 0 Å². The molecule has 2 saturated heterocycles. The zero-order chi connectivity index (χ0) is 42.9. The number of carbonyl (C=O) groups excluding carboxylic acids is 2. The van der Waals surface area contributed by atoms with E-state index in [2.05, 4.69) is 45.0 Å². The SMILES string of the molecule is CC(C)(C)[Si](OCC1=C2[C@@H](CC/C(=C/c3cccc(O)c3)c3ccccc3)OB(O)C[C@@H]2[C@@H]2C(=O)N(c3cccc([N+](=O)[O-])c3)C(=O)[C@@H]2C1)(c1ccccc1)c1ccccc1. The summed E-state index contributed by atoms with van der Waals surface area (Å²) in [6, 6.07) is 43.3. The molecule has 4 atom stereocenters. The van der Waals surface area contributed by atoms with Crippen LogP contribution in [0.2, 0.25) is 11.4 Å². The molecule has 5 aromatic rings. The second kappa shape index (κ2) is 17.2. The number of carbonyl (C=O) groups is 2. The van der Waals surface area contributed by atoms with E-state index in [1.807, 2.05) is 78.9 Å². The Morgan fingerprint density at radius 2 is 1.51 bits per heavy atom. The van der Waals surface area contributed by atoms with Crippen LogP contribution in [0.15, 0.2) is 151 Å². The number of nitro groups is 1. The van der Waals surface area contributed by atoms with E-state index in [0.717, 1.165) is 43.1 Å². The lowest BCUT2D eigenvalue weighted by molar-refractivity contribution is -0.384. The van der Waals surface area contributed by atoms with Crippen LogP contribution in [0, 0.1) is 27.9 Å². The summed E-state index contributed by atoms with van der Waals surface area (Å²) in [6.45, 7) is 6.79. The number of nitrogens with zero attached hydrogens (tertiary/aromatic N) is 2. The van der Waals surface area contributed by atoms with Crippen molar-refractivity contribution in [2.24, 2.45) is 17.8 Å². The quantitative estimate of drug-likeness (QED) is 0.0321. The highest BCUT2D eigenvalue weighted by molar-refractivity contribution is 6.99. The largest absolute Gasteiger partial charge is 0.508 e. The van der Waals surface area contributed by atoms with Crippen LogP contribution in [-0.2, 0) is 18.7 Å². The number of amides is 2. The van der Waals surface area contributed by atoms with Gasteiger partial charge in [0.15, 0.2) is 0 Å². The van der Waals surface area contributed by atoms with Gasteiger partial charge in [-0.3, -0.25) is 19.7 Å². The van der Waals surface area contributed by atoms with Crippen molar-refractivity contribution >= 4 is 60.6 Å². The predicted molar refractivity (Wildman–Crippen MR) is 241 cm³/mol. The minimum atomic E-state index is -3.08. The van der Waals surface area contributed by atoms with Crippen molar-refractivity contribution in [1.29, 1.82) is 0 Å². The Kier molecular flexibility index (Phi) is 11.8. The van der Waals surface area contributed by atoms with Gasteiger partial charge in [0, 0.05) is 12.1 Å². The Bertz CT molecular complexity index is 2450. The number of imide groups is 1. The third-order valence-electron chi connectivity index (χ3n) is 12.5. The highest BCUT2D eigenvalue weighted by atomic mass is 28.4. The first-order chi connectivity index (χ1) is 29.4. The number of hydrogen-bond donors (Lipinski definition) is 2. The number of rotatable bonds is 12. The van der Waals surface area contributed by atoms with Crippen LogP contribution in [0.25, 0.3) is 11.6 Å². The number of phenols is 1. The molecule has 0 unspecified atom stereocenters. The number of allylic oxidation sites excluding steroid dienone is 1. The lowest BCUT2D eigenvalue weighted by atomic mass is 9.58. The summed E-state index contributed by atoms with van der Waals surface area (Å²) in [5.74, 6) is -2.83. The first-order valence-electron chi connectivity index (χ1n) is 20.8. The average Bonchev–Trinajstić information content (AvgIpc) is 3.51. The van der Waals surface area contributed by atoms with Crippen LogP contribution in [-0.4, -0.2) is 55.0 Å². The predicted octanol–water partition coefficient (Wildman–Crippen LogP) is 8.20. The Morgan fingerprint density at radius 3 is 2.13 bits per heavy atom. The Labute approximate surface area is 357 Å². The number of aromatic hydroxyl groups is 1. The normalized spacial score (nSPS) is 20.8. The molecule has 12 heteroatoms. The molecule has 2 aliphatic heterocycles. The highest BCUT2D eigenvalue weighted by Crippen LogP contribution is 2.52. The second-order valence-corrected chi connectivity index (χ2v) is 21.5. The third kappa shape index (κ3) is 8.16. The molecule has 0 radical (unpaired) electrons. The highest BCUT2D eigenvalue weighted by Gasteiger charge is 2.58. The number of anilines is 1. The van der Waals surface area contributed by atoms with Crippen molar-refractivity contribution < 1.29 is 33.7 Å². The van der Waals surface area contributed by atoms with Crippen LogP contribution in [0.4, 0.5) is 11.4 Å². The molecule has 2 fully saturated rings. The Morgan fingerprint density at radius 1 is 0.869 bits per heavy atom. The lowest BCUT2D eigenvalue weighted by Gasteiger charge is -2.46. The maximum absolute atomic E-state index is 14.6. The fraction of sp³-hybridized carbons (Fsp3) is 0.265. The van der Waals surface area contributed by atoms with Gasteiger partial charge in [-0.1, -0.05) is 136 Å². The zero-order valence-corrected chi connectivity index (χ0v) is 35.5. The maximum Gasteiger partial charge on any atom is 0.455 e. The summed E-state index contributed by atoms with van der Waals surface area (Å²) in [6.07, 6.45) is 2.71. The molecule has 0 saturated carbocycles. The van der Waals surface area contributed by atoms with Gasteiger partial charge >= 0.3 is 7.12 Å². The number of hydrogen-bond acceptors (Lipinski definition) is 8. The summed E-state index contributed by atoms with van der Waals surface area (Å²) in [5, 5.41) is 35.4. The van der Waals surface area contributed by atoms with Crippen LogP contribution in [0.3, 0.4) is 0 Å². The summed E-state index contributed by atoms with van der Waals surface area (Å²) in [7, 11) is -4.29. The van der Waals surface area contributed by atoms with Gasteiger partial charge < -0.3 is 19.2 Å². The summed E-state index contributed by atoms with van der Waals surface area (Å²) < 4.78 is 14.0. The van der Waals surface area contributed by atoms with Crippen LogP contribution in [0.1, 0.15) is 51.2 Å². The Hall–Kier alpha value is -5.92. The van der Waals surface area contributed by atoms with Gasteiger partial charge in [0.2, 0.25) is 11.8 Å². The maximum atomic E-state index is 14.6. The molecule has 8 rings (SSSR count). The number of nitro benzene ring substituents is 1. The number of phenolic OH excluding ortho intramolecular Hbond substituents is 1. The van der Waals surface area contributed by atoms with Gasteiger partial charge in [-0.2, -0.15) is 0 Å². The molecule has 61 heavy (non-hydrogen) atoms. The molecule has 10 nitrogen and oxygen atoms in total. The van der Waals surface area contributed by atoms with E-state index < -0.39 is 56.0 Å². The van der Waals surface area contributed by atoms with E-state index in [-0.39, 0.29) is 41.5 Å². The molecule has 2 N–H and O–H groups in total. The fourth-order valence-electron chi connectivity index (χ4n) is 9.91. The molecule has 310 valence electrons. The van der Waals surface area contributed by atoms with Gasteiger partial charge in [-0.25, -0.2) is 4.90 Å². The molecular weight excluding hydrogens is 783 g/mol. The lowest BCUT2D eigenvalue weighted by Crippen LogP contribution is -2.66. The molecular formula is C49H49BN2O8Si. The molecule has 0 spiro atoms. The van der Waals surface area contributed by atoms with E-state index in [9.17, 15) is 29.8 Å². The van der Waals surface area contributed by atoms with E-state index in [1.165, 1.54) is 18.2 Å². The van der Waals surface area contributed by atoms with Crippen LogP contribution < -0.4 is 15.3 Å². The molecule has 2 heterocycles.